The fourth-order valence-electron chi connectivity index (χ4n) is 3.13. The third kappa shape index (κ3) is 9.39. The molecular formula is C19H37IN4O2. The maximum absolute atomic E-state index is 12.3. The van der Waals surface area contributed by atoms with Gasteiger partial charge in [-0.25, -0.2) is 0 Å². The number of hydrogen-bond donors (Lipinski definition) is 2. The predicted octanol–water partition coefficient (Wildman–Crippen LogP) is 2.77. The van der Waals surface area contributed by atoms with Gasteiger partial charge < -0.3 is 20.3 Å². The normalized spacial score (nSPS) is 20.5. The number of halogens is 1. The van der Waals surface area contributed by atoms with E-state index in [9.17, 15) is 4.79 Å². The van der Waals surface area contributed by atoms with Gasteiger partial charge in [0.05, 0.1) is 0 Å². The standard InChI is InChI=1S/C19H36N4O2.HI/c1-3-20-19(21-11-6-14-25-15-17-8-9-17)22-12-10-18(24)23-13-5-4-7-16(23)2;/h16-17H,3-15H2,1-2H3,(H2,20,21,22);1H. The van der Waals surface area contributed by atoms with Gasteiger partial charge in [0.15, 0.2) is 5.96 Å². The molecule has 26 heavy (non-hydrogen) atoms. The summed E-state index contributed by atoms with van der Waals surface area (Å²) in [5.41, 5.74) is 0. The lowest BCUT2D eigenvalue weighted by molar-refractivity contribution is -0.134. The van der Waals surface area contributed by atoms with E-state index in [1.54, 1.807) is 0 Å². The second kappa shape index (κ2) is 13.6. The van der Waals surface area contributed by atoms with E-state index >= 15 is 0 Å². The van der Waals surface area contributed by atoms with Crippen LogP contribution in [0.4, 0.5) is 0 Å². The average Bonchev–Trinajstić information content (AvgIpc) is 3.42. The van der Waals surface area contributed by atoms with Crippen LogP contribution >= 0.6 is 24.0 Å². The molecule has 0 aromatic heterocycles. The summed E-state index contributed by atoms with van der Waals surface area (Å²) < 4.78 is 5.63. The Morgan fingerprint density at radius 3 is 2.73 bits per heavy atom. The van der Waals surface area contributed by atoms with Crippen LogP contribution in [0.2, 0.25) is 0 Å². The van der Waals surface area contributed by atoms with Crippen LogP contribution < -0.4 is 10.6 Å². The monoisotopic (exact) mass is 480 g/mol. The van der Waals surface area contributed by atoms with Crippen molar-refractivity contribution in [3.05, 3.63) is 0 Å². The molecule has 0 bridgehead atoms. The van der Waals surface area contributed by atoms with E-state index in [-0.39, 0.29) is 29.9 Å². The van der Waals surface area contributed by atoms with Crippen molar-refractivity contribution in [2.45, 2.75) is 64.8 Å². The second-order valence-electron chi connectivity index (χ2n) is 7.24. The highest BCUT2D eigenvalue weighted by Gasteiger charge is 2.22. The van der Waals surface area contributed by atoms with E-state index in [0.717, 1.165) is 64.0 Å². The number of piperidine rings is 1. The molecule has 152 valence electrons. The first kappa shape index (κ1) is 23.5. The highest BCUT2D eigenvalue weighted by atomic mass is 127. The minimum atomic E-state index is 0. The van der Waals surface area contributed by atoms with Gasteiger partial charge in [-0.1, -0.05) is 0 Å². The molecule has 2 rings (SSSR count). The Hall–Kier alpha value is -0.570. The van der Waals surface area contributed by atoms with Gasteiger partial charge in [-0.2, -0.15) is 0 Å². The van der Waals surface area contributed by atoms with Gasteiger partial charge in [0, 0.05) is 51.9 Å². The van der Waals surface area contributed by atoms with Crippen LogP contribution in [0.5, 0.6) is 0 Å². The van der Waals surface area contributed by atoms with Gasteiger partial charge in [0.2, 0.25) is 5.91 Å². The lowest BCUT2D eigenvalue weighted by Crippen LogP contribution is -2.44. The van der Waals surface area contributed by atoms with Crippen LogP contribution in [0.25, 0.3) is 0 Å². The summed E-state index contributed by atoms with van der Waals surface area (Å²) in [5.74, 6) is 1.87. The molecule has 1 saturated carbocycles. The molecule has 2 aliphatic rings. The van der Waals surface area contributed by atoms with Crippen molar-refractivity contribution >= 4 is 35.8 Å². The lowest BCUT2D eigenvalue weighted by Gasteiger charge is -2.33. The second-order valence-corrected chi connectivity index (χ2v) is 7.24. The minimum absolute atomic E-state index is 0. The van der Waals surface area contributed by atoms with Crippen LogP contribution in [0.1, 0.15) is 58.8 Å². The number of nitrogens with zero attached hydrogens (tertiary/aromatic N) is 2. The van der Waals surface area contributed by atoms with Crippen molar-refractivity contribution < 1.29 is 9.53 Å². The highest BCUT2D eigenvalue weighted by Crippen LogP contribution is 2.28. The van der Waals surface area contributed by atoms with Gasteiger partial charge in [0.1, 0.15) is 0 Å². The van der Waals surface area contributed by atoms with Crippen LogP contribution in [0.3, 0.4) is 0 Å². The average molecular weight is 480 g/mol. The molecule has 2 fully saturated rings. The number of rotatable bonds is 10. The Bertz CT molecular complexity index is 430. The summed E-state index contributed by atoms with van der Waals surface area (Å²) in [7, 11) is 0. The molecule has 1 aliphatic carbocycles. The van der Waals surface area contributed by atoms with Crippen molar-refractivity contribution in [2.75, 3.05) is 39.4 Å². The Morgan fingerprint density at radius 1 is 1.23 bits per heavy atom. The van der Waals surface area contributed by atoms with Gasteiger partial charge in [-0.3, -0.25) is 9.79 Å². The number of ether oxygens (including phenoxy) is 1. The fourth-order valence-corrected chi connectivity index (χ4v) is 3.13. The van der Waals surface area contributed by atoms with E-state index in [1.807, 2.05) is 4.90 Å². The molecule has 0 aromatic rings. The van der Waals surface area contributed by atoms with Crippen molar-refractivity contribution in [1.82, 2.24) is 15.5 Å². The third-order valence-corrected chi connectivity index (χ3v) is 4.87. The Kier molecular flexibility index (Phi) is 12.3. The molecule has 0 aromatic carbocycles. The van der Waals surface area contributed by atoms with Crippen molar-refractivity contribution in [1.29, 1.82) is 0 Å². The van der Waals surface area contributed by atoms with E-state index in [1.165, 1.54) is 19.3 Å². The molecule has 6 nitrogen and oxygen atoms in total. The lowest BCUT2D eigenvalue weighted by atomic mass is 10.0. The van der Waals surface area contributed by atoms with Crippen LogP contribution in [0.15, 0.2) is 4.99 Å². The molecule has 0 spiro atoms. The zero-order chi connectivity index (χ0) is 17.9. The van der Waals surface area contributed by atoms with Crippen LogP contribution in [-0.2, 0) is 9.53 Å². The van der Waals surface area contributed by atoms with Gasteiger partial charge >= 0.3 is 0 Å². The zero-order valence-corrected chi connectivity index (χ0v) is 18.8. The number of hydrogen-bond acceptors (Lipinski definition) is 3. The van der Waals surface area contributed by atoms with Crippen molar-refractivity contribution in [3.8, 4) is 0 Å². The largest absolute Gasteiger partial charge is 0.381 e. The number of guanidine groups is 1. The highest BCUT2D eigenvalue weighted by molar-refractivity contribution is 14.0. The quantitative estimate of drug-likeness (QED) is 0.219. The third-order valence-electron chi connectivity index (χ3n) is 4.87. The number of aliphatic imine (C=N–C) groups is 1. The van der Waals surface area contributed by atoms with Gasteiger partial charge in [0.25, 0.3) is 0 Å². The summed E-state index contributed by atoms with van der Waals surface area (Å²) >= 11 is 0. The summed E-state index contributed by atoms with van der Waals surface area (Å²) in [6, 6.07) is 0.388. The first-order valence-electron chi connectivity index (χ1n) is 10.1. The maximum Gasteiger partial charge on any atom is 0.224 e. The Balaban J connectivity index is 0.00000338. The molecule has 1 amide bonds. The molecule has 1 heterocycles. The number of amides is 1. The smallest absolute Gasteiger partial charge is 0.224 e. The zero-order valence-electron chi connectivity index (χ0n) is 16.5. The molecule has 1 unspecified atom stereocenters. The summed E-state index contributed by atoms with van der Waals surface area (Å²) in [6.07, 6.45) is 7.64. The molecule has 2 N–H and O–H groups in total. The van der Waals surface area contributed by atoms with Gasteiger partial charge in [-0.15, -0.1) is 24.0 Å². The van der Waals surface area contributed by atoms with Crippen LogP contribution in [-0.4, -0.2) is 62.2 Å². The fraction of sp³-hybridized carbons (Fsp3) is 0.895. The maximum atomic E-state index is 12.3. The Labute approximate surface area is 175 Å². The predicted molar refractivity (Wildman–Crippen MR) is 117 cm³/mol. The topological polar surface area (TPSA) is 66.0 Å². The van der Waals surface area contributed by atoms with Gasteiger partial charge in [-0.05, 0) is 58.3 Å². The number of carbonyl (C=O) groups excluding carboxylic acids is 1. The van der Waals surface area contributed by atoms with Crippen LogP contribution in [0, 0.1) is 5.92 Å². The van der Waals surface area contributed by atoms with Crippen molar-refractivity contribution in [3.63, 3.8) is 0 Å². The summed E-state index contributed by atoms with van der Waals surface area (Å²) in [5, 5.41) is 6.51. The minimum Gasteiger partial charge on any atom is -0.381 e. The summed E-state index contributed by atoms with van der Waals surface area (Å²) in [6.45, 7) is 9.01. The van der Waals surface area contributed by atoms with E-state index < -0.39 is 0 Å². The molecular weight excluding hydrogens is 443 g/mol. The Morgan fingerprint density at radius 2 is 2.04 bits per heavy atom. The first-order valence-corrected chi connectivity index (χ1v) is 10.1. The SMILES string of the molecule is CCNC(=NCCCOCC1CC1)NCCC(=O)N1CCCCC1C.I. The van der Waals surface area contributed by atoms with E-state index in [4.69, 9.17) is 4.74 Å². The number of carbonyl (C=O) groups is 1. The number of likely N-dealkylation sites (tertiary alicyclic amines) is 1. The number of nitrogens with one attached hydrogen (secondary N) is 2. The summed E-state index contributed by atoms with van der Waals surface area (Å²) in [4.78, 5) is 18.9. The van der Waals surface area contributed by atoms with Crippen molar-refractivity contribution in [2.24, 2.45) is 10.9 Å². The molecule has 1 atom stereocenters. The van der Waals surface area contributed by atoms with E-state index in [2.05, 4.69) is 29.5 Å². The van der Waals surface area contributed by atoms with E-state index in [0.29, 0.717) is 19.0 Å². The molecule has 7 heteroatoms. The molecule has 1 saturated heterocycles. The molecule has 0 radical (unpaired) electrons. The molecule has 1 aliphatic heterocycles. The first-order chi connectivity index (χ1) is 12.2.